The number of nitrogens with one attached hydrogen (secondary N) is 2. The maximum atomic E-state index is 12.7. The van der Waals surface area contributed by atoms with E-state index in [4.69, 9.17) is 0 Å². The highest BCUT2D eigenvalue weighted by atomic mass is 19.4. The van der Waals surface area contributed by atoms with Crippen LogP contribution >= 0.6 is 0 Å². The highest BCUT2D eigenvalue weighted by Crippen LogP contribution is 2.30. The van der Waals surface area contributed by atoms with E-state index in [1.165, 1.54) is 12.1 Å². The molecule has 2 rings (SSSR count). The van der Waals surface area contributed by atoms with Crippen LogP contribution in [0.2, 0.25) is 0 Å². The van der Waals surface area contributed by atoms with Gasteiger partial charge in [-0.15, -0.1) is 5.10 Å². The van der Waals surface area contributed by atoms with Crippen molar-refractivity contribution in [2.75, 3.05) is 0 Å². The highest BCUT2D eigenvalue weighted by Gasteiger charge is 2.30. The van der Waals surface area contributed by atoms with E-state index >= 15 is 0 Å². The zero-order valence-electron chi connectivity index (χ0n) is 11.3. The summed E-state index contributed by atoms with van der Waals surface area (Å²) in [5.41, 5.74) is -0.403. The molecule has 0 bridgehead atoms. The summed E-state index contributed by atoms with van der Waals surface area (Å²) in [7, 11) is 0. The molecule has 0 saturated carbocycles. The van der Waals surface area contributed by atoms with Crippen molar-refractivity contribution in [1.82, 2.24) is 20.5 Å². The first-order chi connectivity index (χ1) is 9.77. The van der Waals surface area contributed by atoms with Crippen LogP contribution in [0.1, 0.15) is 40.5 Å². The Labute approximate surface area is 118 Å². The molecular weight excluding hydrogens is 285 g/mol. The number of rotatable bonds is 3. The molecule has 0 aliphatic rings. The molecule has 8 heteroatoms. The van der Waals surface area contributed by atoms with Crippen molar-refractivity contribution in [2.24, 2.45) is 0 Å². The number of benzene rings is 1. The lowest BCUT2D eigenvalue weighted by Gasteiger charge is -2.15. The Kier molecular flexibility index (Phi) is 3.97. The Hall–Kier alpha value is -2.38. The number of H-pyrrole nitrogens is 1. The predicted molar refractivity (Wildman–Crippen MR) is 68.4 cm³/mol. The first-order valence-electron chi connectivity index (χ1n) is 6.14. The molecule has 1 aromatic heterocycles. The van der Waals surface area contributed by atoms with Gasteiger partial charge in [0.25, 0.3) is 5.91 Å². The third kappa shape index (κ3) is 3.59. The number of carbonyl (C=O) groups excluding carboxylic acids is 1. The summed E-state index contributed by atoms with van der Waals surface area (Å²) < 4.78 is 38.0. The van der Waals surface area contributed by atoms with E-state index in [9.17, 15) is 18.0 Å². The van der Waals surface area contributed by atoms with E-state index in [0.717, 1.165) is 12.1 Å². The van der Waals surface area contributed by atoms with Crippen molar-refractivity contribution >= 4 is 5.91 Å². The van der Waals surface area contributed by atoms with Crippen molar-refractivity contribution < 1.29 is 18.0 Å². The molecule has 1 atom stereocenters. The van der Waals surface area contributed by atoms with E-state index in [-0.39, 0.29) is 5.82 Å². The molecule has 1 unspecified atom stereocenters. The molecule has 1 aromatic carbocycles. The standard InChI is InChI=1S/C13H13F3N4O/c1-7(17-12(21)11-18-8(2)19-20-11)9-4-3-5-10(6-9)13(14,15)16/h3-7H,1-2H3,(H,17,21)(H,18,19,20). The highest BCUT2D eigenvalue weighted by molar-refractivity contribution is 5.90. The molecule has 0 fully saturated rings. The second-order valence-corrected chi connectivity index (χ2v) is 4.56. The summed E-state index contributed by atoms with van der Waals surface area (Å²) in [5, 5.41) is 8.77. The lowest BCUT2D eigenvalue weighted by atomic mass is 10.0. The summed E-state index contributed by atoms with van der Waals surface area (Å²) in [6.45, 7) is 3.23. The molecule has 1 heterocycles. The first kappa shape index (κ1) is 15.0. The maximum absolute atomic E-state index is 12.7. The molecule has 5 nitrogen and oxygen atoms in total. The van der Waals surface area contributed by atoms with Crippen molar-refractivity contribution in [3.05, 3.63) is 47.0 Å². The van der Waals surface area contributed by atoms with Crippen LogP contribution in [-0.4, -0.2) is 21.1 Å². The average molecular weight is 298 g/mol. The van der Waals surface area contributed by atoms with Crippen molar-refractivity contribution in [1.29, 1.82) is 0 Å². The summed E-state index contributed by atoms with van der Waals surface area (Å²) in [6.07, 6.45) is -4.42. The minimum Gasteiger partial charge on any atom is -0.343 e. The van der Waals surface area contributed by atoms with Crippen LogP contribution in [0.15, 0.2) is 24.3 Å². The van der Waals surface area contributed by atoms with Gasteiger partial charge in [0.2, 0.25) is 5.82 Å². The van der Waals surface area contributed by atoms with E-state index in [0.29, 0.717) is 11.4 Å². The number of amides is 1. The number of carbonyl (C=O) groups is 1. The van der Waals surface area contributed by atoms with E-state index < -0.39 is 23.7 Å². The third-order valence-electron chi connectivity index (χ3n) is 2.86. The fourth-order valence-corrected chi connectivity index (χ4v) is 1.77. The van der Waals surface area contributed by atoms with Gasteiger partial charge in [-0.1, -0.05) is 12.1 Å². The molecule has 0 aliphatic heterocycles. The number of hydrogen-bond donors (Lipinski definition) is 2. The molecule has 112 valence electrons. The predicted octanol–water partition coefficient (Wildman–Crippen LogP) is 2.62. The van der Waals surface area contributed by atoms with Gasteiger partial charge in [0, 0.05) is 0 Å². The SMILES string of the molecule is Cc1nc(C(=O)NC(C)c2cccc(C(F)(F)F)c2)n[nH]1. The first-order valence-corrected chi connectivity index (χ1v) is 6.14. The minimum absolute atomic E-state index is 0.0497. The molecular formula is C13H13F3N4O. The molecule has 21 heavy (non-hydrogen) atoms. The van der Waals surface area contributed by atoms with Crippen LogP contribution in [0, 0.1) is 6.92 Å². The summed E-state index contributed by atoms with van der Waals surface area (Å²) >= 11 is 0. The Bertz CT molecular complexity index is 651. The van der Waals surface area contributed by atoms with Gasteiger partial charge >= 0.3 is 6.18 Å². The van der Waals surface area contributed by atoms with Gasteiger partial charge in [0.05, 0.1) is 11.6 Å². The summed E-state index contributed by atoms with van der Waals surface area (Å²) in [5.74, 6) is -0.123. The number of aryl methyl sites for hydroxylation is 1. The zero-order valence-corrected chi connectivity index (χ0v) is 11.3. The number of hydrogen-bond acceptors (Lipinski definition) is 3. The Morgan fingerprint density at radius 3 is 2.67 bits per heavy atom. The lowest BCUT2D eigenvalue weighted by Crippen LogP contribution is -2.27. The van der Waals surface area contributed by atoms with Crippen LogP contribution in [0.3, 0.4) is 0 Å². The zero-order chi connectivity index (χ0) is 15.6. The van der Waals surface area contributed by atoms with Gasteiger partial charge < -0.3 is 5.32 Å². The largest absolute Gasteiger partial charge is 0.416 e. The van der Waals surface area contributed by atoms with Crippen LogP contribution in [0.4, 0.5) is 13.2 Å². The quantitative estimate of drug-likeness (QED) is 0.915. The Balaban J connectivity index is 2.13. The van der Waals surface area contributed by atoms with Gasteiger partial charge in [-0.05, 0) is 31.5 Å². The molecule has 0 aliphatic carbocycles. The maximum Gasteiger partial charge on any atom is 0.416 e. The van der Waals surface area contributed by atoms with Crippen LogP contribution < -0.4 is 5.32 Å². The molecule has 0 spiro atoms. The number of halogens is 3. The van der Waals surface area contributed by atoms with Gasteiger partial charge in [0.15, 0.2) is 0 Å². The van der Waals surface area contributed by atoms with Gasteiger partial charge in [-0.3, -0.25) is 9.89 Å². The number of alkyl halides is 3. The topological polar surface area (TPSA) is 70.7 Å². The summed E-state index contributed by atoms with van der Waals surface area (Å²) in [4.78, 5) is 15.7. The third-order valence-corrected chi connectivity index (χ3v) is 2.86. The fraction of sp³-hybridized carbons (Fsp3) is 0.308. The van der Waals surface area contributed by atoms with Gasteiger partial charge in [0.1, 0.15) is 5.82 Å². The average Bonchev–Trinajstić information content (AvgIpc) is 2.84. The minimum atomic E-state index is -4.42. The van der Waals surface area contributed by atoms with Crippen LogP contribution in [0.25, 0.3) is 0 Å². The molecule has 2 N–H and O–H groups in total. The van der Waals surface area contributed by atoms with Gasteiger partial charge in [-0.25, -0.2) is 4.98 Å². The fourth-order valence-electron chi connectivity index (χ4n) is 1.77. The monoisotopic (exact) mass is 298 g/mol. The Morgan fingerprint density at radius 1 is 1.38 bits per heavy atom. The molecule has 1 amide bonds. The van der Waals surface area contributed by atoms with E-state index in [2.05, 4.69) is 20.5 Å². The number of aromatic amines is 1. The van der Waals surface area contributed by atoms with Crippen molar-refractivity contribution in [3.8, 4) is 0 Å². The van der Waals surface area contributed by atoms with E-state index in [1.54, 1.807) is 13.8 Å². The van der Waals surface area contributed by atoms with Gasteiger partial charge in [-0.2, -0.15) is 13.2 Å². The normalized spacial score (nSPS) is 13.0. The van der Waals surface area contributed by atoms with Crippen molar-refractivity contribution in [2.45, 2.75) is 26.1 Å². The second kappa shape index (κ2) is 5.55. The lowest BCUT2D eigenvalue weighted by molar-refractivity contribution is -0.137. The molecule has 0 radical (unpaired) electrons. The van der Waals surface area contributed by atoms with Crippen molar-refractivity contribution in [3.63, 3.8) is 0 Å². The number of aromatic nitrogens is 3. The van der Waals surface area contributed by atoms with Crippen LogP contribution in [0.5, 0.6) is 0 Å². The van der Waals surface area contributed by atoms with Crippen LogP contribution in [-0.2, 0) is 6.18 Å². The Morgan fingerprint density at radius 2 is 2.10 bits per heavy atom. The second-order valence-electron chi connectivity index (χ2n) is 4.56. The number of nitrogens with zero attached hydrogens (tertiary/aromatic N) is 2. The smallest absolute Gasteiger partial charge is 0.343 e. The van der Waals surface area contributed by atoms with E-state index in [1.807, 2.05) is 0 Å². The molecule has 2 aromatic rings. The summed E-state index contributed by atoms with van der Waals surface area (Å²) in [6, 6.07) is 4.21. The molecule has 0 saturated heterocycles.